The molecule has 5 nitrogen and oxygen atoms in total. The van der Waals surface area contributed by atoms with Gasteiger partial charge in [0, 0.05) is 13.1 Å². The third-order valence-electron chi connectivity index (χ3n) is 4.15. The van der Waals surface area contributed by atoms with Gasteiger partial charge >= 0.3 is 5.69 Å². The fourth-order valence-electron chi connectivity index (χ4n) is 3.13. The van der Waals surface area contributed by atoms with E-state index >= 15 is 0 Å². The fourth-order valence-corrected chi connectivity index (χ4v) is 3.13. The molecule has 0 aliphatic carbocycles. The summed E-state index contributed by atoms with van der Waals surface area (Å²) in [4.78, 5) is 13.3. The molecule has 0 N–H and O–H groups in total. The highest BCUT2D eigenvalue weighted by Gasteiger charge is 2.26. The van der Waals surface area contributed by atoms with Gasteiger partial charge in [-0.25, -0.2) is 0 Å². The van der Waals surface area contributed by atoms with E-state index in [0.717, 1.165) is 19.4 Å². The van der Waals surface area contributed by atoms with Gasteiger partial charge in [-0.15, -0.1) is 0 Å². The molecule has 1 aliphatic rings. The summed E-state index contributed by atoms with van der Waals surface area (Å²) in [5.74, 6) is 0.340. The molecule has 1 heterocycles. The van der Waals surface area contributed by atoms with E-state index in [2.05, 4.69) is 17.0 Å². The Bertz CT molecular complexity index is 715. The summed E-state index contributed by atoms with van der Waals surface area (Å²) in [7, 11) is 0. The normalized spacial score (nSPS) is 14.0. The number of rotatable bonds is 4. The maximum absolute atomic E-state index is 11.6. The lowest BCUT2D eigenvalue weighted by Crippen LogP contribution is -2.23. The second-order valence-corrected chi connectivity index (χ2v) is 5.61. The van der Waals surface area contributed by atoms with E-state index in [1.54, 1.807) is 6.07 Å². The Kier molecular flexibility index (Phi) is 4.46. The lowest BCUT2D eigenvalue weighted by Gasteiger charge is -2.23. The molecule has 2 aromatic carbocycles. The van der Waals surface area contributed by atoms with Crippen LogP contribution in [-0.2, 0) is 13.0 Å². The van der Waals surface area contributed by atoms with Crippen molar-refractivity contribution >= 4 is 11.4 Å². The summed E-state index contributed by atoms with van der Waals surface area (Å²) in [5, 5.41) is 11.6. The van der Waals surface area contributed by atoms with Gasteiger partial charge in [-0.1, -0.05) is 30.3 Å². The molecule has 0 spiro atoms. The van der Waals surface area contributed by atoms with E-state index in [-0.39, 0.29) is 10.6 Å². The Morgan fingerprint density at radius 3 is 2.70 bits per heavy atom. The van der Waals surface area contributed by atoms with Gasteiger partial charge in [0.25, 0.3) is 0 Å². The molecule has 0 amide bonds. The SMILES string of the molecule is CCOc1cccc(N2CCCc3ccccc3C2)c1[N+](=O)[O-]. The summed E-state index contributed by atoms with van der Waals surface area (Å²) in [6, 6.07) is 13.6. The molecule has 0 saturated heterocycles. The van der Waals surface area contributed by atoms with Gasteiger partial charge in [0.15, 0.2) is 5.75 Å². The first-order valence-corrected chi connectivity index (χ1v) is 7.92. The van der Waals surface area contributed by atoms with E-state index in [4.69, 9.17) is 4.74 Å². The highest BCUT2D eigenvalue weighted by atomic mass is 16.6. The molecule has 0 aromatic heterocycles. The number of benzene rings is 2. The summed E-state index contributed by atoms with van der Waals surface area (Å²) in [6.45, 7) is 3.73. The van der Waals surface area contributed by atoms with E-state index in [9.17, 15) is 10.1 Å². The first-order chi connectivity index (χ1) is 11.2. The molecule has 1 aliphatic heterocycles. The molecule has 2 aromatic rings. The Morgan fingerprint density at radius 2 is 1.96 bits per heavy atom. The highest BCUT2D eigenvalue weighted by Crippen LogP contribution is 2.38. The van der Waals surface area contributed by atoms with Crippen LogP contribution in [0, 0.1) is 10.1 Å². The van der Waals surface area contributed by atoms with Crippen LogP contribution >= 0.6 is 0 Å². The molecule has 3 rings (SSSR count). The minimum Gasteiger partial charge on any atom is -0.487 e. The number of ether oxygens (including phenoxy) is 1. The van der Waals surface area contributed by atoms with Crippen LogP contribution in [0.4, 0.5) is 11.4 Å². The standard InChI is InChI=1S/C18H20N2O3/c1-2-23-17-11-5-10-16(18(17)20(21)22)19-12-6-9-14-7-3-4-8-15(14)13-19/h3-5,7-8,10-11H,2,6,9,12-13H2,1H3. The van der Waals surface area contributed by atoms with E-state index < -0.39 is 0 Å². The molecular formula is C18H20N2O3. The van der Waals surface area contributed by atoms with Crippen LogP contribution in [0.2, 0.25) is 0 Å². The van der Waals surface area contributed by atoms with Crippen molar-refractivity contribution in [1.82, 2.24) is 0 Å². The maximum atomic E-state index is 11.6. The van der Waals surface area contributed by atoms with Crippen molar-refractivity contribution in [3.8, 4) is 5.75 Å². The minimum atomic E-state index is -0.336. The van der Waals surface area contributed by atoms with Gasteiger partial charge < -0.3 is 9.64 Å². The lowest BCUT2D eigenvalue weighted by atomic mass is 10.0. The van der Waals surface area contributed by atoms with Gasteiger partial charge in [-0.05, 0) is 43.0 Å². The average Bonchev–Trinajstić information content (AvgIpc) is 2.77. The van der Waals surface area contributed by atoms with Crippen LogP contribution in [0.15, 0.2) is 42.5 Å². The van der Waals surface area contributed by atoms with Crippen molar-refractivity contribution in [2.45, 2.75) is 26.3 Å². The largest absolute Gasteiger partial charge is 0.487 e. The Morgan fingerprint density at radius 1 is 1.17 bits per heavy atom. The number of hydrogen-bond acceptors (Lipinski definition) is 4. The van der Waals surface area contributed by atoms with Crippen LogP contribution in [0.25, 0.3) is 0 Å². The van der Waals surface area contributed by atoms with Gasteiger partial charge in [0.05, 0.1) is 11.5 Å². The third kappa shape index (κ3) is 3.13. The van der Waals surface area contributed by atoms with E-state index in [0.29, 0.717) is 24.6 Å². The molecule has 0 fully saturated rings. The third-order valence-corrected chi connectivity index (χ3v) is 4.15. The number of aryl methyl sites for hydroxylation is 1. The second kappa shape index (κ2) is 6.69. The molecule has 5 heteroatoms. The summed E-state index contributed by atoms with van der Waals surface area (Å²) < 4.78 is 5.46. The molecule has 0 saturated carbocycles. The smallest absolute Gasteiger partial charge is 0.333 e. The number of fused-ring (bicyclic) bond motifs is 1. The number of para-hydroxylation sites is 1. The summed E-state index contributed by atoms with van der Waals surface area (Å²) in [6.07, 6.45) is 1.98. The van der Waals surface area contributed by atoms with Crippen LogP contribution in [0.1, 0.15) is 24.5 Å². The first-order valence-electron chi connectivity index (χ1n) is 7.92. The van der Waals surface area contributed by atoms with Gasteiger partial charge in [0.2, 0.25) is 0 Å². The fraction of sp³-hybridized carbons (Fsp3) is 0.333. The zero-order valence-corrected chi connectivity index (χ0v) is 13.2. The van der Waals surface area contributed by atoms with Crippen molar-refractivity contribution in [1.29, 1.82) is 0 Å². The molecular weight excluding hydrogens is 292 g/mol. The molecule has 0 bridgehead atoms. The van der Waals surface area contributed by atoms with Crippen LogP contribution in [-0.4, -0.2) is 18.1 Å². The molecule has 120 valence electrons. The number of nitrogens with zero attached hydrogens (tertiary/aromatic N) is 2. The Hall–Kier alpha value is -2.56. The molecule has 0 unspecified atom stereocenters. The topological polar surface area (TPSA) is 55.6 Å². The van der Waals surface area contributed by atoms with E-state index in [1.165, 1.54) is 11.1 Å². The molecule has 0 radical (unpaired) electrons. The number of hydrogen-bond donors (Lipinski definition) is 0. The predicted octanol–water partition coefficient (Wildman–Crippen LogP) is 3.95. The zero-order valence-electron chi connectivity index (χ0n) is 13.2. The van der Waals surface area contributed by atoms with Crippen molar-refractivity contribution in [3.05, 3.63) is 63.7 Å². The van der Waals surface area contributed by atoms with Gasteiger partial charge in [0.1, 0.15) is 5.69 Å². The maximum Gasteiger partial charge on any atom is 0.333 e. The van der Waals surface area contributed by atoms with E-state index in [1.807, 2.05) is 31.2 Å². The summed E-state index contributed by atoms with van der Waals surface area (Å²) >= 11 is 0. The zero-order chi connectivity index (χ0) is 16.2. The Labute approximate surface area is 135 Å². The number of nitro benzene ring substituents is 1. The number of nitro groups is 1. The molecule has 0 atom stereocenters. The van der Waals surface area contributed by atoms with Crippen LogP contribution in [0.3, 0.4) is 0 Å². The Balaban J connectivity index is 2.01. The molecule has 23 heavy (non-hydrogen) atoms. The van der Waals surface area contributed by atoms with Crippen LogP contribution in [0.5, 0.6) is 5.75 Å². The van der Waals surface area contributed by atoms with Gasteiger partial charge in [-0.3, -0.25) is 10.1 Å². The monoisotopic (exact) mass is 312 g/mol. The average molecular weight is 312 g/mol. The van der Waals surface area contributed by atoms with Gasteiger partial charge in [-0.2, -0.15) is 0 Å². The van der Waals surface area contributed by atoms with Crippen molar-refractivity contribution in [2.75, 3.05) is 18.1 Å². The number of anilines is 1. The lowest BCUT2D eigenvalue weighted by molar-refractivity contribution is -0.385. The van der Waals surface area contributed by atoms with Crippen molar-refractivity contribution in [2.24, 2.45) is 0 Å². The quantitative estimate of drug-likeness (QED) is 0.633. The predicted molar refractivity (Wildman–Crippen MR) is 90.1 cm³/mol. The van der Waals surface area contributed by atoms with Crippen molar-refractivity contribution < 1.29 is 9.66 Å². The minimum absolute atomic E-state index is 0.0636. The second-order valence-electron chi connectivity index (χ2n) is 5.61. The first kappa shape index (κ1) is 15.3. The highest BCUT2D eigenvalue weighted by molar-refractivity contribution is 5.70. The van der Waals surface area contributed by atoms with Crippen molar-refractivity contribution in [3.63, 3.8) is 0 Å². The summed E-state index contributed by atoms with van der Waals surface area (Å²) in [5.41, 5.74) is 3.27. The van der Waals surface area contributed by atoms with Crippen LogP contribution < -0.4 is 9.64 Å².